The third-order valence-corrected chi connectivity index (χ3v) is 6.80. The van der Waals surface area contributed by atoms with E-state index >= 15 is 0 Å². The minimum atomic E-state index is -0.255. The highest BCUT2D eigenvalue weighted by Crippen LogP contribution is 2.41. The SMILES string of the molecule is CC(C1CC1)n1cnnc1-c1cccc(NC(=O)c2cc(-c3ccc(C4CC4)nc3)ccn2)c1. The van der Waals surface area contributed by atoms with E-state index in [1.54, 1.807) is 18.6 Å². The van der Waals surface area contributed by atoms with Crippen molar-refractivity contribution in [3.8, 4) is 22.5 Å². The van der Waals surface area contributed by atoms with Crippen LogP contribution >= 0.6 is 0 Å². The first-order chi connectivity index (χ1) is 16.7. The van der Waals surface area contributed by atoms with Crippen LogP contribution in [0.3, 0.4) is 0 Å². The van der Waals surface area contributed by atoms with Gasteiger partial charge in [0.2, 0.25) is 0 Å². The molecule has 1 atom stereocenters. The van der Waals surface area contributed by atoms with Gasteiger partial charge in [0.15, 0.2) is 5.82 Å². The average molecular weight is 451 g/mol. The van der Waals surface area contributed by atoms with Crippen molar-refractivity contribution in [3.63, 3.8) is 0 Å². The third kappa shape index (κ3) is 4.21. The summed E-state index contributed by atoms with van der Waals surface area (Å²) < 4.78 is 2.13. The molecular formula is C27H26N6O. The zero-order chi connectivity index (χ0) is 23.1. The fourth-order valence-electron chi connectivity index (χ4n) is 4.42. The molecule has 0 bridgehead atoms. The van der Waals surface area contributed by atoms with Crippen molar-refractivity contribution in [2.75, 3.05) is 5.32 Å². The predicted molar refractivity (Wildman–Crippen MR) is 130 cm³/mol. The summed E-state index contributed by atoms with van der Waals surface area (Å²) in [6.45, 7) is 2.21. The maximum Gasteiger partial charge on any atom is 0.274 e. The summed E-state index contributed by atoms with van der Waals surface area (Å²) >= 11 is 0. The molecule has 2 aliphatic rings. The van der Waals surface area contributed by atoms with Crippen LogP contribution in [0.4, 0.5) is 5.69 Å². The van der Waals surface area contributed by atoms with E-state index in [9.17, 15) is 4.79 Å². The molecule has 0 spiro atoms. The number of anilines is 1. The van der Waals surface area contributed by atoms with Gasteiger partial charge in [-0.25, -0.2) is 0 Å². The number of pyridine rings is 2. The average Bonchev–Trinajstić information content (AvgIpc) is 3.81. The summed E-state index contributed by atoms with van der Waals surface area (Å²) in [6.07, 6.45) is 10.3. The number of carbonyl (C=O) groups is 1. The Morgan fingerprint density at radius 2 is 1.88 bits per heavy atom. The second-order valence-corrected chi connectivity index (χ2v) is 9.35. The molecule has 1 aromatic carbocycles. The highest BCUT2D eigenvalue weighted by Gasteiger charge is 2.30. The van der Waals surface area contributed by atoms with Crippen LogP contribution in [0.5, 0.6) is 0 Å². The maximum absolute atomic E-state index is 13.0. The smallest absolute Gasteiger partial charge is 0.274 e. The highest BCUT2D eigenvalue weighted by molar-refractivity contribution is 6.03. The number of aromatic nitrogens is 5. The number of rotatable bonds is 7. The Labute approximate surface area is 198 Å². The molecule has 1 amide bonds. The lowest BCUT2D eigenvalue weighted by Gasteiger charge is -2.15. The molecule has 34 heavy (non-hydrogen) atoms. The van der Waals surface area contributed by atoms with E-state index in [-0.39, 0.29) is 5.91 Å². The van der Waals surface area contributed by atoms with Crippen LogP contribution in [0.25, 0.3) is 22.5 Å². The number of benzene rings is 1. The second kappa shape index (κ2) is 8.48. The Morgan fingerprint density at radius 3 is 2.65 bits per heavy atom. The van der Waals surface area contributed by atoms with Gasteiger partial charge in [-0.1, -0.05) is 18.2 Å². The molecule has 1 N–H and O–H groups in total. The van der Waals surface area contributed by atoms with Crippen molar-refractivity contribution in [2.45, 2.75) is 44.6 Å². The fourth-order valence-corrected chi connectivity index (χ4v) is 4.42. The highest BCUT2D eigenvalue weighted by atomic mass is 16.1. The fraction of sp³-hybridized carbons (Fsp3) is 0.296. The second-order valence-electron chi connectivity index (χ2n) is 9.35. The normalized spacial score (nSPS) is 16.3. The van der Waals surface area contributed by atoms with Crippen molar-refractivity contribution in [3.05, 3.63) is 78.6 Å². The summed E-state index contributed by atoms with van der Waals surface area (Å²) in [4.78, 5) is 21.9. The Hall–Kier alpha value is -3.87. The number of carbonyl (C=O) groups excluding carboxylic acids is 1. The zero-order valence-corrected chi connectivity index (χ0v) is 19.1. The first-order valence-electron chi connectivity index (χ1n) is 11.9. The van der Waals surface area contributed by atoms with Gasteiger partial charge < -0.3 is 9.88 Å². The minimum Gasteiger partial charge on any atom is -0.321 e. The van der Waals surface area contributed by atoms with E-state index in [4.69, 9.17) is 0 Å². The summed E-state index contributed by atoms with van der Waals surface area (Å²) in [5.41, 5.74) is 5.03. The molecule has 2 saturated carbocycles. The van der Waals surface area contributed by atoms with Crippen molar-refractivity contribution in [1.29, 1.82) is 0 Å². The summed E-state index contributed by atoms with van der Waals surface area (Å²) in [7, 11) is 0. The lowest BCUT2D eigenvalue weighted by atomic mass is 10.1. The quantitative estimate of drug-likeness (QED) is 0.402. The van der Waals surface area contributed by atoms with Crippen LogP contribution in [0.1, 0.15) is 60.7 Å². The topological polar surface area (TPSA) is 85.6 Å². The van der Waals surface area contributed by atoms with Crippen molar-refractivity contribution < 1.29 is 4.79 Å². The molecule has 0 radical (unpaired) electrons. The molecule has 0 aliphatic heterocycles. The largest absolute Gasteiger partial charge is 0.321 e. The molecule has 2 aliphatic carbocycles. The van der Waals surface area contributed by atoms with Gasteiger partial charge in [0.1, 0.15) is 12.0 Å². The molecule has 3 heterocycles. The maximum atomic E-state index is 13.0. The number of hydrogen-bond donors (Lipinski definition) is 1. The molecule has 7 nitrogen and oxygen atoms in total. The van der Waals surface area contributed by atoms with E-state index in [1.165, 1.54) is 25.7 Å². The minimum absolute atomic E-state index is 0.255. The first kappa shape index (κ1) is 20.7. The van der Waals surface area contributed by atoms with Crippen LogP contribution < -0.4 is 5.32 Å². The molecule has 7 heteroatoms. The van der Waals surface area contributed by atoms with Crippen LogP contribution in [-0.4, -0.2) is 30.6 Å². The third-order valence-electron chi connectivity index (χ3n) is 6.80. The van der Waals surface area contributed by atoms with Gasteiger partial charge in [-0.05, 0) is 74.4 Å². The summed E-state index contributed by atoms with van der Waals surface area (Å²) in [5, 5.41) is 11.5. The Kier molecular flexibility index (Phi) is 5.17. The number of amides is 1. The van der Waals surface area contributed by atoms with Crippen LogP contribution in [0, 0.1) is 5.92 Å². The standard InChI is InChI=1S/C27H26N6O/c1-17(18-5-6-18)33-16-30-32-26(33)21-3-2-4-23(13-21)31-27(34)25-14-20(11-12-28-25)22-9-10-24(29-15-22)19-7-8-19/h2-4,9-19H,5-8H2,1H3,(H,31,34). The molecule has 0 saturated heterocycles. The van der Waals surface area contributed by atoms with Gasteiger partial charge in [-0.15, -0.1) is 10.2 Å². The number of hydrogen-bond acceptors (Lipinski definition) is 5. The van der Waals surface area contributed by atoms with E-state index in [0.29, 0.717) is 29.3 Å². The monoisotopic (exact) mass is 450 g/mol. The van der Waals surface area contributed by atoms with Crippen LogP contribution in [0.2, 0.25) is 0 Å². The van der Waals surface area contributed by atoms with Gasteiger partial charge in [0.05, 0.1) is 0 Å². The number of nitrogens with zero attached hydrogens (tertiary/aromatic N) is 5. The predicted octanol–water partition coefficient (Wildman–Crippen LogP) is 5.50. The Bertz CT molecular complexity index is 1340. The molecule has 1 unspecified atom stereocenters. The van der Waals surface area contributed by atoms with Crippen molar-refractivity contribution >= 4 is 11.6 Å². The van der Waals surface area contributed by atoms with Gasteiger partial charge >= 0.3 is 0 Å². The first-order valence-corrected chi connectivity index (χ1v) is 11.9. The van der Waals surface area contributed by atoms with E-state index < -0.39 is 0 Å². The van der Waals surface area contributed by atoms with Gasteiger partial charge in [-0.3, -0.25) is 14.8 Å². The summed E-state index contributed by atoms with van der Waals surface area (Å²) in [6, 6.07) is 15.9. The number of nitrogens with one attached hydrogen (secondary N) is 1. The molecule has 170 valence electrons. The molecule has 3 aromatic heterocycles. The van der Waals surface area contributed by atoms with Gasteiger partial charge in [0.25, 0.3) is 5.91 Å². The van der Waals surface area contributed by atoms with Crippen LogP contribution in [0.15, 0.2) is 67.3 Å². The molecular weight excluding hydrogens is 424 g/mol. The molecule has 6 rings (SSSR count). The van der Waals surface area contributed by atoms with E-state index in [0.717, 1.165) is 28.2 Å². The lowest BCUT2D eigenvalue weighted by Crippen LogP contribution is -2.14. The van der Waals surface area contributed by atoms with Crippen molar-refractivity contribution in [2.24, 2.45) is 5.92 Å². The molecule has 2 fully saturated rings. The van der Waals surface area contributed by atoms with Crippen LogP contribution in [-0.2, 0) is 0 Å². The van der Waals surface area contributed by atoms with Gasteiger partial charge in [-0.2, -0.15) is 0 Å². The lowest BCUT2D eigenvalue weighted by molar-refractivity contribution is 0.102. The van der Waals surface area contributed by atoms with Gasteiger partial charge in [0, 0.05) is 46.9 Å². The Morgan fingerprint density at radius 1 is 1.00 bits per heavy atom. The Balaban J connectivity index is 1.20. The van der Waals surface area contributed by atoms with E-state index in [2.05, 4.69) is 49.1 Å². The molecule has 4 aromatic rings. The van der Waals surface area contributed by atoms with Crippen molar-refractivity contribution in [1.82, 2.24) is 24.7 Å². The summed E-state index contributed by atoms with van der Waals surface area (Å²) in [5.74, 6) is 1.87. The zero-order valence-electron chi connectivity index (χ0n) is 19.1. The van der Waals surface area contributed by atoms with E-state index in [1.807, 2.05) is 36.5 Å².